The molecule has 31 heavy (non-hydrogen) atoms. The van der Waals surface area contributed by atoms with Crippen LogP contribution in [0.2, 0.25) is 5.02 Å². The van der Waals surface area contributed by atoms with Crippen LogP contribution in [0.15, 0.2) is 42.5 Å². The number of carbonyl (C=O) groups excluding carboxylic acids is 1. The van der Waals surface area contributed by atoms with Gasteiger partial charge in [-0.15, -0.1) is 11.3 Å². The molecule has 1 aliphatic rings. The fraction of sp³-hybridized carbons (Fsp3) is 0.348. The highest BCUT2D eigenvalue weighted by atomic mass is 35.5. The van der Waals surface area contributed by atoms with E-state index in [1.807, 2.05) is 30.3 Å². The maximum atomic E-state index is 14.5. The standard InChI is InChI=1S/C23H24ClFN2O3S/c1-29-14-16-21-18(25)7-4-8-20(21)31-22(16)23(28)26-13-19(27-9-11-30-12-10-27)15-5-2-3-6-17(15)24/h2-8,19H,9-14H2,1H3,(H,26,28). The van der Waals surface area contributed by atoms with E-state index in [9.17, 15) is 9.18 Å². The van der Waals surface area contributed by atoms with Gasteiger partial charge in [0, 0.05) is 47.4 Å². The Morgan fingerprint density at radius 2 is 2.03 bits per heavy atom. The molecule has 5 nitrogen and oxygen atoms in total. The van der Waals surface area contributed by atoms with Crippen molar-refractivity contribution in [1.82, 2.24) is 10.2 Å². The number of benzene rings is 2. The minimum Gasteiger partial charge on any atom is -0.380 e. The van der Waals surface area contributed by atoms with E-state index < -0.39 is 0 Å². The molecule has 1 saturated heterocycles. The molecular weight excluding hydrogens is 439 g/mol. The van der Waals surface area contributed by atoms with Gasteiger partial charge in [0.1, 0.15) is 5.82 Å². The summed E-state index contributed by atoms with van der Waals surface area (Å²) in [5.41, 5.74) is 1.55. The average molecular weight is 463 g/mol. The van der Waals surface area contributed by atoms with Gasteiger partial charge in [-0.2, -0.15) is 0 Å². The van der Waals surface area contributed by atoms with Gasteiger partial charge in [-0.3, -0.25) is 9.69 Å². The zero-order valence-corrected chi connectivity index (χ0v) is 18.8. The van der Waals surface area contributed by atoms with Crippen molar-refractivity contribution in [3.63, 3.8) is 0 Å². The second kappa shape index (κ2) is 10.1. The zero-order valence-electron chi connectivity index (χ0n) is 17.2. The summed E-state index contributed by atoms with van der Waals surface area (Å²) < 4.78 is 25.9. The van der Waals surface area contributed by atoms with Crippen LogP contribution in [-0.2, 0) is 16.1 Å². The van der Waals surface area contributed by atoms with Crippen LogP contribution >= 0.6 is 22.9 Å². The Balaban J connectivity index is 1.60. The van der Waals surface area contributed by atoms with Crippen molar-refractivity contribution in [3.8, 4) is 0 Å². The van der Waals surface area contributed by atoms with E-state index in [0.29, 0.717) is 40.6 Å². The second-order valence-electron chi connectivity index (χ2n) is 7.35. The second-order valence-corrected chi connectivity index (χ2v) is 8.81. The molecule has 0 saturated carbocycles. The zero-order chi connectivity index (χ0) is 21.8. The van der Waals surface area contributed by atoms with Crippen LogP contribution in [0.25, 0.3) is 10.1 Å². The molecule has 0 bridgehead atoms. The number of fused-ring (bicyclic) bond motifs is 1. The van der Waals surface area contributed by atoms with Gasteiger partial charge in [0.25, 0.3) is 5.91 Å². The molecule has 4 rings (SSSR count). The Kier molecular flexibility index (Phi) is 7.20. The van der Waals surface area contributed by atoms with E-state index in [2.05, 4.69) is 10.2 Å². The normalized spacial score (nSPS) is 15.8. The number of methoxy groups -OCH3 is 1. The molecular formula is C23H24ClFN2O3S. The first-order chi connectivity index (χ1) is 15.1. The summed E-state index contributed by atoms with van der Waals surface area (Å²) >= 11 is 7.76. The lowest BCUT2D eigenvalue weighted by molar-refractivity contribution is 0.0162. The number of hydrogen-bond donors (Lipinski definition) is 1. The molecule has 1 N–H and O–H groups in total. The largest absolute Gasteiger partial charge is 0.380 e. The molecule has 1 aliphatic heterocycles. The van der Waals surface area contributed by atoms with Crippen molar-refractivity contribution in [2.24, 2.45) is 0 Å². The molecule has 0 spiro atoms. The summed E-state index contributed by atoms with van der Waals surface area (Å²) in [4.78, 5) is 15.9. The smallest absolute Gasteiger partial charge is 0.261 e. The predicted octanol–water partition coefficient (Wildman–Crippen LogP) is 4.64. The minimum absolute atomic E-state index is 0.0847. The lowest BCUT2D eigenvalue weighted by Crippen LogP contribution is -2.44. The molecule has 1 atom stereocenters. The van der Waals surface area contributed by atoms with Crippen molar-refractivity contribution >= 4 is 38.9 Å². The van der Waals surface area contributed by atoms with Gasteiger partial charge in [-0.1, -0.05) is 35.9 Å². The monoisotopic (exact) mass is 462 g/mol. The Morgan fingerprint density at radius 1 is 1.26 bits per heavy atom. The average Bonchev–Trinajstić information content (AvgIpc) is 3.16. The first-order valence-corrected chi connectivity index (χ1v) is 11.3. The number of hydrogen-bond acceptors (Lipinski definition) is 5. The summed E-state index contributed by atoms with van der Waals surface area (Å²) in [5.74, 6) is -0.583. The van der Waals surface area contributed by atoms with Crippen LogP contribution in [-0.4, -0.2) is 50.8 Å². The van der Waals surface area contributed by atoms with E-state index in [4.69, 9.17) is 21.1 Å². The predicted molar refractivity (Wildman–Crippen MR) is 121 cm³/mol. The van der Waals surface area contributed by atoms with Crippen molar-refractivity contribution in [2.75, 3.05) is 40.0 Å². The van der Waals surface area contributed by atoms with Crippen LogP contribution < -0.4 is 5.32 Å². The Hall–Kier alpha value is -2.03. The number of nitrogens with zero attached hydrogens (tertiary/aromatic N) is 1. The van der Waals surface area contributed by atoms with Crippen molar-refractivity contribution in [1.29, 1.82) is 0 Å². The summed E-state index contributed by atoms with van der Waals surface area (Å²) in [6.07, 6.45) is 0. The first kappa shape index (κ1) is 22.2. The van der Waals surface area contributed by atoms with Gasteiger partial charge in [0.05, 0.1) is 30.7 Å². The maximum Gasteiger partial charge on any atom is 0.261 e. The van der Waals surface area contributed by atoms with Crippen molar-refractivity contribution < 1.29 is 18.7 Å². The van der Waals surface area contributed by atoms with Gasteiger partial charge in [0.2, 0.25) is 0 Å². The van der Waals surface area contributed by atoms with E-state index >= 15 is 0 Å². The molecule has 0 aliphatic carbocycles. The third-order valence-corrected chi connectivity index (χ3v) is 7.01. The Labute approximate surface area is 189 Å². The first-order valence-electron chi connectivity index (χ1n) is 10.1. The number of carbonyl (C=O) groups is 1. The van der Waals surface area contributed by atoms with E-state index in [0.717, 1.165) is 23.4 Å². The number of amides is 1. The highest BCUT2D eigenvalue weighted by Crippen LogP contribution is 2.34. The number of halogens is 2. The maximum absolute atomic E-state index is 14.5. The number of ether oxygens (including phenoxy) is 2. The fourth-order valence-corrected chi connectivity index (χ4v) is 5.37. The summed E-state index contributed by atoms with van der Waals surface area (Å²) in [6, 6.07) is 12.5. The highest BCUT2D eigenvalue weighted by Gasteiger charge is 2.26. The molecule has 1 fully saturated rings. The van der Waals surface area contributed by atoms with Gasteiger partial charge >= 0.3 is 0 Å². The highest BCUT2D eigenvalue weighted by molar-refractivity contribution is 7.21. The summed E-state index contributed by atoms with van der Waals surface area (Å²) in [7, 11) is 1.54. The third kappa shape index (κ3) is 4.76. The molecule has 2 aromatic carbocycles. The molecule has 0 radical (unpaired) electrons. The Morgan fingerprint density at radius 3 is 2.77 bits per heavy atom. The molecule has 3 aromatic rings. The summed E-state index contributed by atoms with van der Waals surface area (Å²) in [5, 5.41) is 4.17. The van der Waals surface area contributed by atoms with Gasteiger partial charge < -0.3 is 14.8 Å². The number of morpholine rings is 1. The lowest BCUT2D eigenvalue weighted by atomic mass is 10.0. The molecule has 2 heterocycles. The van der Waals surface area contributed by atoms with Crippen LogP contribution in [0, 0.1) is 5.82 Å². The van der Waals surface area contributed by atoms with Gasteiger partial charge in [-0.05, 0) is 23.8 Å². The SMILES string of the molecule is COCc1c(C(=O)NCC(c2ccccc2Cl)N2CCOCC2)sc2cccc(F)c12. The van der Waals surface area contributed by atoms with E-state index in [-0.39, 0.29) is 24.4 Å². The number of rotatable bonds is 7. The van der Waals surface area contributed by atoms with Crippen LogP contribution in [0.4, 0.5) is 4.39 Å². The summed E-state index contributed by atoms with van der Waals surface area (Å²) in [6.45, 7) is 3.35. The number of nitrogens with one attached hydrogen (secondary N) is 1. The van der Waals surface area contributed by atoms with Crippen LogP contribution in [0.1, 0.15) is 26.8 Å². The lowest BCUT2D eigenvalue weighted by Gasteiger charge is -2.35. The number of thiophene rings is 1. The minimum atomic E-state index is -0.345. The molecule has 1 aromatic heterocycles. The van der Waals surface area contributed by atoms with E-state index in [1.165, 1.54) is 24.5 Å². The van der Waals surface area contributed by atoms with Crippen molar-refractivity contribution in [3.05, 3.63) is 69.3 Å². The molecule has 164 valence electrons. The topological polar surface area (TPSA) is 50.8 Å². The van der Waals surface area contributed by atoms with Gasteiger partial charge in [0.15, 0.2) is 0 Å². The molecule has 1 unspecified atom stereocenters. The quantitative estimate of drug-likeness (QED) is 0.555. The van der Waals surface area contributed by atoms with Gasteiger partial charge in [-0.25, -0.2) is 4.39 Å². The van der Waals surface area contributed by atoms with Crippen LogP contribution in [0.3, 0.4) is 0 Å². The fourth-order valence-electron chi connectivity index (χ4n) is 3.97. The van der Waals surface area contributed by atoms with Crippen LogP contribution in [0.5, 0.6) is 0 Å². The van der Waals surface area contributed by atoms with Crippen molar-refractivity contribution in [2.45, 2.75) is 12.6 Å². The molecule has 8 heteroatoms. The Bertz CT molecular complexity index is 1070. The third-order valence-electron chi connectivity index (χ3n) is 5.46. The molecule has 1 amide bonds. The van der Waals surface area contributed by atoms with E-state index in [1.54, 1.807) is 6.07 Å².